The summed E-state index contributed by atoms with van der Waals surface area (Å²) in [6, 6.07) is 10.2. The Morgan fingerprint density at radius 3 is 2.81 bits per heavy atom. The van der Waals surface area contributed by atoms with Crippen molar-refractivity contribution in [2.75, 3.05) is 13.2 Å². The van der Waals surface area contributed by atoms with Gasteiger partial charge in [0.05, 0.1) is 12.2 Å². The highest BCUT2D eigenvalue weighted by atomic mass is 19.4. The van der Waals surface area contributed by atoms with Gasteiger partial charge in [-0.1, -0.05) is 12.1 Å². The molecule has 0 spiro atoms. The number of halogens is 3. The van der Waals surface area contributed by atoms with Crippen LogP contribution in [0.15, 0.2) is 54.4 Å². The molecule has 0 amide bonds. The van der Waals surface area contributed by atoms with E-state index in [2.05, 4.69) is 4.98 Å². The third-order valence-corrected chi connectivity index (χ3v) is 4.45. The van der Waals surface area contributed by atoms with E-state index in [9.17, 15) is 23.2 Å². The van der Waals surface area contributed by atoms with E-state index in [1.54, 1.807) is 41.2 Å². The average molecular weight is 429 g/mol. The minimum atomic E-state index is -4.45. The van der Waals surface area contributed by atoms with Crippen LogP contribution in [0.2, 0.25) is 0 Å². The summed E-state index contributed by atoms with van der Waals surface area (Å²) in [5.41, 5.74) is 0.450. The number of esters is 1. The predicted molar refractivity (Wildman–Crippen MR) is 107 cm³/mol. The molecule has 0 aliphatic rings. The molecule has 3 rings (SSSR count). The molecule has 160 valence electrons. The molecule has 0 radical (unpaired) electrons. The van der Waals surface area contributed by atoms with Gasteiger partial charge in [0.1, 0.15) is 17.3 Å². The summed E-state index contributed by atoms with van der Waals surface area (Å²) in [5.74, 6) is -0.821. The molecule has 0 bridgehead atoms. The van der Waals surface area contributed by atoms with E-state index < -0.39 is 17.7 Å². The minimum absolute atomic E-state index is 0.0206. The van der Waals surface area contributed by atoms with E-state index in [1.807, 2.05) is 0 Å². The van der Waals surface area contributed by atoms with Crippen LogP contribution >= 0.6 is 0 Å². The maximum Gasteiger partial charge on any atom is 0.416 e. The van der Waals surface area contributed by atoms with Crippen molar-refractivity contribution in [2.24, 2.45) is 0 Å². The normalized spacial score (nSPS) is 12.0. The van der Waals surface area contributed by atoms with Crippen LogP contribution < -0.4 is 0 Å². The van der Waals surface area contributed by atoms with Crippen LogP contribution in [0, 0.1) is 11.3 Å². The Labute approximate surface area is 175 Å². The molecule has 3 aromatic rings. The number of benzene rings is 1. The first kappa shape index (κ1) is 22.1. The number of rotatable bonds is 7. The summed E-state index contributed by atoms with van der Waals surface area (Å²) < 4.78 is 45.7. The fourth-order valence-corrected chi connectivity index (χ4v) is 3.03. The molecule has 0 fully saturated rings. The lowest BCUT2D eigenvalue weighted by Crippen LogP contribution is -2.08. The molecular formula is C22H18F3N3O3. The Morgan fingerprint density at radius 2 is 2.10 bits per heavy atom. The number of pyridine rings is 1. The summed E-state index contributed by atoms with van der Waals surface area (Å²) in [7, 11) is 0. The maximum absolute atomic E-state index is 13.0. The second-order valence-corrected chi connectivity index (χ2v) is 6.67. The Kier molecular flexibility index (Phi) is 6.72. The van der Waals surface area contributed by atoms with Gasteiger partial charge in [-0.3, -0.25) is 0 Å². The number of hydrogen-bond acceptors (Lipinski definition) is 5. The summed E-state index contributed by atoms with van der Waals surface area (Å²) in [5, 5.41) is 18.7. The van der Waals surface area contributed by atoms with E-state index in [1.165, 1.54) is 12.1 Å². The molecule has 6 nitrogen and oxygen atoms in total. The van der Waals surface area contributed by atoms with Crippen molar-refractivity contribution in [3.63, 3.8) is 0 Å². The number of alkyl halides is 3. The van der Waals surface area contributed by atoms with E-state index in [0.717, 1.165) is 12.1 Å². The van der Waals surface area contributed by atoms with Crippen molar-refractivity contribution in [3.05, 3.63) is 71.1 Å². The number of nitrogens with zero attached hydrogens (tertiary/aromatic N) is 3. The topological polar surface area (TPSA) is 88.1 Å². The van der Waals surface area contributed by atoms with E-state index in [-0.39, 0.29) is 31.8 Å². The van der Waals surface area contributed by atoms with E-state index >= 15 is 0 Å². The maximum atomic E-state index is 13.0. The Hall–Kier alpha value is -3.64. The molecule has 0 atom stereocenters. The zero-order valence-corrected chi connectivity index (χ0v) is 16.3. The van der Waals surface area contributed by atoms with Crippen LogP contribution in [0.4, 0.5) is 13.2 Å². The van der Waals surface area contributed by atoms with E-state index in [0.29, 0.717) is 22.2 Å². The Bertz CT molecular complexity index is 1160. The van der Waals surface area contributed by atoms with Gasteiger partial charge in [0.2, 0.25) is 0 Å². The van der Waals surface area contributed by atoms with Gasteiger partial charge in [-0.05, 0) is 35.9 Å². The smallest absolute Gasteiger partial charge is 0.416 e. The first-order valence-electron chi connectivity index (χ1n) is 9.33. The van der Waals surface area contributed by atoms with E-state index in [4.69, 9.17) is 9.84 Å². The molecule has 2 aromatic heterocycles. The fourth-order valence-electron chi connectivity index (χ4n) is 3.03. The average Bonchev–Trinajstić information content (AvgIpc) is 3.09. The van der Waals surface area contributed by atoms with Gasteiger partial charge < -0.3 is 14.4 Å². The van der Waals surface area contributed by atoms with Gasteiger partial charge in [0.25, 0.3) is 0 Å². The number of nitriles is 1. The molecule has 1 N–H and O–H groups in total. The number of aromatic nitrogens is 2. The van der Waals surface area contributed by atoms with Gasteiger partial charge in [-0.25, -0.2) is 9.78 Å². The third-order valence-electron chi connectivity index (χ3n) is 4.45. The molecular weight excluding hydrogens is 411 g/mol. The zero-order valence-electron chi connectivity index (χ0n) is 16.3. The molecule has 0 aliphatic carbocycles. The standard InChI is InChI=1S/C22H18F3N3O3/c23-22(24,25)18-5-1-4-15(10-18)13-28-14-17(19-6-2-7-27-20(19)28)11-16(12-26)21(30)31-9-3-8-29/h1-2,4-7,10-11,14,29H,3,8-9,13H2/b16-11+. The first-order valence-corrected chi connectivity index (χ1v) is 9.33. The van der Waals surface area contributed by atoms with Crippen LogP contribution in [0.3, 0.4) is 0 Å². The fraction of sp³-hybridized carbons (Fsp3) is 0.227. The van der Waals surface area contributed by atoms with Crippen molar-refractivity contribution in [2.45, 2.75) is 19.1 Å². The van der Waals surface area contributed by atoms with Gasteiger partial charge in [0.15, 0.2) is 0 Å². The van der Waals surface area contributed by atoms with Crippen LogP contribution in [0.25, 0.3) is 17.1 Å². The highest BCUT2D eigenvalue weighted by Crippen LogP contribution is 2.30. The first-order chi connectivity index (χ1) is 14.8. The lowest BCUT2D eigenvalue weighted by atomic mass is 10.1. The van der Waals surface area contributed by atoms with Crippen LogP contribution in [0.5, 0.6) is 0 Å². The second kappa shape index (κ2) is 9.45. The summed E-state index contributed by atoms with van der Waals surface area (Å²) in [6.07, 6.45) is 0.334. The SMILES string of the molecule is N#C/C(=C\c1cn(Cc2cccc(C(F)(F)F)c2)c2ncccc12)C(=O)OCCCO. The number of fused-ring (bicyclic) bond motifs is 1. The lowest BCUT2D eigenvalue weighted by Gasteiger charge is -2.09. The molecule has 2 heterocycles. The molecule has 31 heavy (non-hydrogen) atoms. The van der Waals surface area contributed by atoms with Crippen molar-refractivity contribution in [1.82, 2.24) is 9.55 Å². The van der Waals surface area contributed by atoms with Crippen molar-refractivity contribution >= 4 is 23.1 Å². The quantitative estimate of drug-likeness (QED) is 0.266. The van der Waals surface area contributed by atoms with Gasteiger partial charge in [-0.2, -0.15) is 18.4 Å². The number of carbonyl (C=O) groups excluding carboxylic acids is 1. The number of carbonyl (C=O) groups is 1. The zero-order chi connectivity index (χ0) is 22.4. The number of ether oxygens (including phenoxy) is 1. The molecule has 1 aromatic carbocycles. The summed E-state index contributed by atoms with van der Waals surface area (Å²) >= 11 is 0. The summed E-state index contributed by atoms with van der Waals surface area (Å²) in [4.78, 5) is 16.4. The largest absolute Gasteiger partial charge is 0.461 e. The monoisotopic (exact) mass is 429 g/mol. The molecule has 0 saturated heterocycles. The second-order valence-electron chi connectivity index (χ2n) is 6.67. The van der Waals surface area contributed by atoms with Crippen molar-refractivity contribution < 1.29 is 27.8 Å². The molecule has 0 saturated carbocycles. The molecule has 0 unspecified atom stereocenters. The summed E-state index contributed by atoms with van der Waals surface area (Å²) in [6.45, 7) is -0.0467. The van der Waals surface area contributed by atoms with Gasteiger partial charge >= 0.3 is 12.1 Å². The van der Waals surface area contributed by atoms with Crippen LogP contribution in [0.1, 0.15) is 23.1 Å². The molecule has 9 heteroatoms. The van der Waals surface area contributed by atoms with Crippen LogP contribution in [-0.4, -0.2) is 33.8 Å². The third kappa shape index (κ3) is 5.29. The van der Waals surface area contributed by atoms with Gasteiger partial charge in [0, 0.05) is 42.9 Å². The number of aliphatic hydroxyl groups excluding tert-OH is 1. The lowest BCUT2D eigenvalue weighted by molar-refractivity contribution is -0.139. The van der Waals surface area contributed by atoms with Crippen LogP contribution in [-0.2, 0) is 22.3 Å². The van der Waals surface area contributed by atoms with Gasteiger partial charge in [-0.15, -0.1) is 0 Å². The minimum Gasteiger partial charge on any atom is -0.461 e. The van der Waals surface area contributed by atoms with Crippen molar-refractivity contribution in [3.8, 4) is 6.07 Å². The Balaban J connectivity index is 1.96. The highest BCUT2D eigenvalue weighted by Gasteiger charge is 2.30. The van der Waals surface area contributed by atoms with Crippen molar-refractivity contribution in [1.29, 1.82) is 5.26 Å². The number of aliphatic hydroxyl groups is 1. The molecule has 0 aliphatic heterocycles. The number of hydrogen-bond donors (Lipinski definition) is 1. The highest BCUT2D eigenvalue weighted by molar-refractivity contribution is 6.00. The predicted octanol–water partition coefficient (Wildman–Crippen LogP) is 3.94. The Morgan fingerprint density at radius 1 is 1.29 bits per heavy atom.